The SMILES string of the molecule is O=C1N=c2ccc(Nc3cc(O)n(CCO)c3O)cc2=N1. The fourth-order valence-corrected chi connectivity index (χ4v) is 2.11. The zero-order valence-electron chi connectivity index (χ0n) is 10.8. The Labute approximate surface area is 118 Å². The van der Waals surface area contributed by atoms with Crippen LogP contribution < -0.4 is 16.0 Å². The monoisotopic (exact) mass is 288 g/mol. The number of aliphatic hydroxyl groups excluding tert-OH is 1. The second kappa shape index (κ2) is 4.91. The summed E-state index contributed by atoms with van der Waals surface area (Å²) >= 11 is 0. The van der Waals surface area contributed by atoms with Crippen LogP contribution in [-0.4, -0.2) is 32.5 Å². The van der Waals surface area contributed by atoms with E-state index in [9.17, 15) is 15.0 Å². The summed E-state index contributed by atoms with van der Waals surface area (Å²) in [4.78, 5) is 18.5. The number of aliphatic hydroxyl groups is 1. The predicted molar refractivity (Wildman–Crippen MR) is 72.3 cm³/mol. The smallest absolute Gasteiger partial charge is 0.368 e. The van der Waals surface area contributed by atoms with Gasteiger partial charge in [-0.15, -0.1) is 0 Å². The summed E-state index contributed by atoms with van der Waals surface area (Å²) in [6, 6.07) is 5.72. The minimum atomic E-state index is -0.545. The molecule has 8 heteroatoms. The Morgan fingerprint density at radius 2 is 1.90 bits per heavy atom. The summed E-state index contributed by atoms with van der Waals surface area (Å²) < 4.78 is 1.17. The van der Waals surface area contributed by atoms with Gasteiger partial charge in [0.05, 0.1) is 23.9 Å². The summed E-state index contributed by atoms with van der Waals surface area (Å²) in [6.07, 6.45) is 0. The van der Waals surface area contributed by atoms with E-state index < -0.39 is 6.03 Å². The van der Waals surface area contributed by atoms with E-state index in [0.29, 0.717) is 16.4 Å². The van der Waals surface area contributed by atoms with Crippen LogP contribution in [0.1, 0.15) is 0 Å². The summed E-state index contributed by atoms with van der Waals surface area (Å²) in [5.74, 6) is -0.361. The summed E-state index contributed by atoms with van der Waals surface area (Å²) in [6.45, 7) is -0.136. The van der Waals surface area contributed by atoms with E-state index in [0.717, 1.165) is 0 Å². The minimum Gasteiger partial charge on any atom is -0.494 e. The van der Waals surface area contributed by atoms with Gasteiger partial charge in [-0.3, -0.25) is 4.57 Å². The number of nitrogens with zero attached hydrogens (tertiary/aromatic N) is 3. The molecule has 0 spiro atoms. The molecule has 4 N–H and O–H groups in total. The number of amides is 2. The molecule has 21 heavy (non-hydrogen) atoms. The fourth-order valence-electron chi connectivity index (χ4n) is 2.11. The topological polar surface area (TPSA) is 119 Å². The summed E-state index contributed by atoms with van der Waals surface area (Å²) in [5.41, 5.74) is 0.862. The second-order valence-electron chi connectivity index (χ2n) is 4.45. The predicted octanol–water partition coefficient (Wildman–Crippen LogP) is 0.00800. The lowest BCUT2D eigenvalue weighted by Gasteiger charge is -2.06. The molecule has 0 fully saturated rings. The van der Waals surface area contributed by atoms with Crippen LogP contribution in [0.25, 0.3) is 0 Å². The van der Waals surface area contributed by atoms with Gasteiger partial charge in [-0.25, -0.2) is 4.79 Å². The maximum Gasteiger partial charge on any atom is 0.368 e. The molecule has 0 atom stereocenters. The zero-order valence-corrected chi connectivity index (χ0v) is 10.8. The first-order valence-corrected chi connectivity index (χ1v) is 6.19. The lowest BCUT2D eigenvalue weighted by molar-refractivity contribution is 0.256. The van der Waals surface area contributed by atoms with Crippen LogP contribution in [0, 0.1) is 0 Å². The molecule has 0 bridgehead atoms. The summed E-state index contributed by atoms with van der Waals surface area (Å²) in [5, 5.41) is 32.4. The van der Waals surface area contributed by atoms with E-state index in [1.807, 2.05) is 0 Å². The first-order valence-electron chi connectivity index (χ1n) is 6.19. The van der Waals surface area contributed by atoms with Gasteiger partial charge in [0.15, 0.2) is 5.88 Å². The number of aromatic hydroxyl groups is 2. The van der Waals surface area contributed by atoms with Crippen LogP contribution in [0.2, 0.25) is 0 Å². The van der Waals surface area contributed by atoms with Gasteiger partial charge in [0, 0.05) is 11.8 Å². The van der Waals surface area contributed by atoms with Crippen LogP contribution in [0.5, 0.6) is 11.8 Å². The highest BCUT2D eigenvalue weighted by Crippen LogP contribution is 2.33. The van der Waals surface area contributed by atoms with Crippen molar-refractivity contribution in [1.82, 2.24) is 4.57 Å². The fraction of sp³-hybridized carbons (Fsp3) is 0.154. The number of fused-ring (bicyclic) bond motifs is 1. The molecule has 1 aromatic heterocycles. The van der Waals surface area contributed by atoms with Gasteiger partial charge in [-0.2, -0.15) is 9.98 Å². The average molecular weight is 288 g/mol. The second-order valence-corrected chi connectivity index (χ2v) is 4.45. The molecule has 2 amide bonds. The molecule has 8 nitrogen and oxygen atoms in total. The first kappa shape index (κ1) is 13.1. The Morgan fingerprint density at radius 1 is 1.14 bits per heavy atom. The Kier molecular flexibility index (Phi) is 3.07. The van der Waals surface area contributed by atoms with Crippen LogP contribution in [0.3, 0.4) is 0 Å². The van der Waals surface area contributed by atoms with Crippen molar-refractivity contribution in [1.29, 1.82) is 0 Å². The molecular weight excluding hydrogens is 276 g/mol. The van der Waals surface area contributed by atoms with Crippen molar-refractivity contribution in [3.63, 3.8) is 0 Å². The number of urea groups is 1. The van der Waals surface area contributed by atoms with Gasteiger partial charge < -0.3 is 20.6 Å². The molecule has 2 heterocycles. The van der Waals surface area contributed by atoms with Crippen molar-refractivity contribution in [2.45, 2.75) is 6.54 Å². The molecule has 0 unspecified atom stereocenters. The van der Waals surface area contributed by atoms with Crippen LogP contribution in [0.4, 0.5) is 16.2 Å². The molecule has 2 aromatic rings. The number of nitrogens with one attached hydrogen (secondary N) is 1. The molecule has 0 radical (unpaired) electrons. The lowest BCUT2D eigenvalue weighted by Crippen LogP contribution is -2.21. The van der Waals surface area contributed by atoms with Gasteiger partial charge >= 0.3 is 6.03 Å². The Morgan fingerprint density at radius 3 is 2.67 bits per heavy atom. The van der Waals surface area contributed by atoms with Crippen molar-refractivity contribution >= 4 is 17.4 Å². The Hall–Kier alpha value is -2.87. The van der Waals surface area contributed by atoms with E-state index in [-0.39, 0.29) is 30.6 Å². The number of carbonyl (C=O) groups excluding carboxylic acids is 1. The number of hydrogen-bond acceptors (Lipinski definition) is 5. The first-order chi connectivity index (χ1) is 10.1. The van der Waals surface area contributed by atoms with Crippen LogP contribution in [0.15, 0.2) is 34.3 Å². The third-order valence-electron chi connectivity index (χ3n) is 3.06. The molecule has 108 valence electrons. The van der Waals surface area contributed by atoms with Crippen molar-refractivity contribution in [3.05, 3.63) is 35.0 Å². The van der Waals surface area contributed by atoms with Crippen molar-refractivity contribution < 1.29 is 20.1 Å². The Balaban J connectivity index is 1.94. The van der Waals surface area contributed by atoms with E-state index in [2.05, 4.69) is 15.3 Å². The van der Waals surface area contributed by atoms with Crippen molar-refractivity contribution in [2.75, 3.05) is 11.9 Å². The number of carbonyl (C=O) groups is 1. The Bertz CT molecular complexity index is 841. The number of aromatic nitrogens is 1. The molecule has 0 saturated carbocycles. The molecule has 3 rings (SSSR count). The molecule has 1 aliphatic heterocycles. The van der Waals surface area contributed by atoms with Crippen molar-refractivity contribution in [3.8, 4) is 11.8 Å². The normalized spacial score (nSPS) is 12.7. The molecule has 1 aliphatic rings. The van der Waals surface area contributed by atoms with Crippen LogP contribution >= 0.6 is 0 Å². The minimum absolute atomic E-state index is 0.0756. The number of benzene rings is 1. The largest absolute Gasteiger partial charge is 0.494 e. The van der Waals surface area contributed by atoms with Gasteiger partial charge in [0.1, 0.15) is 5.69 Å². The zero-order chi connectivity index (χ0) is 15.0. The van der Waals surface area contributed by atoms with E-state index in [4.69, 9.17) is 5.11 Å². The van der Waals surface area contributed by atoms with Gasteiger partial charge in [0.25, 0.3) is 0 Å². The summed E-state index contributed by atoms with van der Waals surface area (Å²) in [7, 11) is 0. The van der Waals surface area contributed by atoms with Crippen LogP contribution in [-0.2, 0) is 6.54 Å². The van der Waals surface area contributed by atoms with Crippen molar-refractivity contribution in [2.24, 2.45) is 9.98 Å². The maximum absolute atomic E-state index is 11.1. The molecule has 0 saturated heterocycles. The van der Waals surface area contributed by atoms with Gasteiger partial charge in [-0.1, -0.05) is 0 Å². The quantitative estimate of drug-likeness (QED) is 0.631. The van der Waals surface area contributed by atoms with E-state index in [1.165, 1.54) is 10.6 Å². The average Bonchev–Trinajstić information content (AvgIpc) is 2.93. The number of hydrogen-bond donors (Lipinski definition) is 4. The number of anilines is 2. The van der Waals surface area contributed by atoms with E-state index >= 15 is 0 Å². The third-order valence-corrected chi connectivity index (χ3v) is 3.06. The molecule has 0 aliphatic carbocycles. The van der Waals surface area contributed by atoms with Gasteiger partial charge in [0.2, 0.25) is 5.88 Å². The molecular formula is C13H12N4O4. The highest BCUT2D eigenvalue weighted by atomic mass is 16.3. The standard InChI is InChI=1S/C13H12N4O4/c18-4-3-17-11(19)6-10(12(17)20)14-7-1-2-8-9(5-7)16-13(21)15-8/h1-2,5-6,14,18-20H,3-4H2. The highest BCUT2D eigenvalue weighted by molar-refractivity contribution is 5.77. The highest BCUT2D eigenvalue weighted by Gasteiger charge is 2.14. The maximum atomic E-state index is 11.1. The third kappa shape index (κ3) is 2.32. The lowest BCUT2D eigenvalue weighted by atomic mass is 10.3. The van der Waals surface area contributed by atoms with E-state index in [1.54, 1.807) is 18.2 Å². The molecule has 1 aromatic carbocycles. The number of rotatable bonds is 4. The van der Waals surface area contributed by atoms with Gasteiger partial charge in [-0.05, 0) is 18.2 Å².